The Morgan fingerprint density at radius 3 is 2.67 bits per heavy atom. The Kier molecular flexibility index (Phi) is 6.88. The van der Waals surface area contributed by atoms with Crippen molar-refractivity contribution in [2.24, 2.45) is 0 Å². The number of likely N-dealkylation sites (tertiary alicyclic amines) is 1. The summed E-state index contributed by atoms with van der Waals surface area (Å²) in [6.07, 6.45) is -2.50. The zero-order valence-electron chi connectivity index (χ0n) is 15.9. The van der Waals surface area contributed by atoms with Crippen LogP contribution in [0.25, 0.3) is 0 Å². The summed E-state index contributed by atoms with van der Waals surface area (Å²) in [7, 11) is 0. The van der Waals surface area contributed by atoms with Crippen LogP contribution in [0.2, 0.25) is 0 Å². The first-order valence-corrected chi connectivity index (χ1v) is 10.8. The van der Waals surface area contributed by atoms with Gasteiger partial charge in [0.1, 0.15) is 6.10 Å². The van der Waals surface area contributed by atoms with Crippen molar-refractivity contribution < 1.29 is 32.2 Å². The number of thioether (sulfide) groups is 1. The SMILES string of the molecule is Cc1ncsc1CN1CC2(CC(Oc3ncccc3F)CS2)C1.O=C(O)C(F)(F)F. The summed E-state index contributed by atoms with van der Waals surface area (Å²) < 4.78 is 51.4. The Balaban J connectivity index is 0.000000318. The average molecular weight is 465 g/mol. The molecule has 1 atom stereocenters. The largest absolute Gasteiger partial charge is 0.490 e. The number of carboxylic acids is 1. The van der Waals surface area contributed by atoms with E-state index in [4.69, 9.17) is 14.6 Å². The molecule has 1 spiro atoms. The van der Waals surface area contributed by atoms with Crippen LogP contribution in [0.15, 0.2) is 23.8 Å². The lowest BCUT2D eigenvalue weighted by Crippen LogP contribution is -2.58. The molecule has 0 amide bonds. The van der Waals surface area contributed by atoms with E-state index >= 15 is 0 Å². The minimum atomic E-state index is -5.08. The van der Waals surface area contributed by atoms with Gasteiger partial charge >= 0.3 is 12.1 Å². The molecule has 2 aliphatic rings. The van der Waals surface area contributed by atoms with Crippen molar-refractivity contribution in [1.29, 1.82) is 0 Å². The van der Waals surface area contributed by atoms with Gasteiger partial charge in [0.2, 0.25) is 0 Å². The number of rotatable bonds is 4. The second kappa shape index (κ2) is 9.06. The second-order valence-electron chi connectivity index (χ2n) is 7.04. The number of thiazole rings is 1. The molecule has 4 rings (SSSR count). The van der Waals surface area contributed by atoms with Gasteiger partial charge in [-0.2, -0.15) is 13.2 Å². The van der Waals surface area contributed by atoms with Crippen LogP contribution in [0.5, 0.6) is 5.88 Å². The number of carbonyl (C=O) groups is 1. The molecule has 0 radical (unpaired) electrons. The Bertz CT molecular complexity index is 888. The fourth-order valence-corrected chi connectivity index (χ4v) is 5.67. The van der Waals surface area contributed by atoms with Gasteiger partial charge in [-0.25, -0.2) is 19.2 Å². The Hall–Kier alpha value is -1.92. The van der Waals surface area contributed by atoms with E-state index in [2.05, 4.69) is 21.8 Å². The molecule has 4 heterocycles. The van der Waals surface area contributed by atoms with Crippen LogP contribution in [0, 0.1) is 12.7 Å². The number of aryl methyl sites for hydroxylation is 1. The quantitative estimate of drug-likeness (QED) is 0.689. The topological polar surface area (TPSA) is 75.5 Å². The number of pyridine rings is 1. The molecule has 164 valence electrons. The molecule has 0 aliphatic carbocycles. The van der Waals surface area contributed by atoms with Crippen LogP contribution in [-0.4, -0.2) is 61.8 Å². The number of halogens is 4. The highest BCUT2D eigenvalue weighted by molar-refractivity contribution is 8.01. The Labute approximate surface area is 178 Å². The Morgan fingerprint density at radius 1 is 1.40 bits per heavy atom. The maximum atomic E-state index is 13.6. The molecule has 6 nitrogen and oxygen atoms in total. The fourth-order valence-electron chi connectivity index (χ4n) is 3.28. The number of carboxylic acid groups (broad SMARTS) is 1. The van der Waals surface area contributed by atoms with Crippen LogP contribution in [0.1, 0.15) is 17.0 Å². The first-order chi connectivity index (χ1) is 14.1. The predicted molar refractivity (Wildman–Crippen MR) is 104 cm³/mol. The molecule has 30 heavy (non-hydrogen) atoms. The van der Waals surface area contributed by atoms with Gasteiger partial charge in [0.05, 0.1) is 11.2 Å². The van der Waals surface area contributed by atoms with Crippen molar-refractivity contribution in [2.75, 3.05) is 18.8 Å². The van der Waals surface area contributed by atoms with Crippen LogP contribution < -0.4 is 4.74 Å². The number of aromatic nitrogens is 2. The number of aliphatic carboxylic acids is 1. The molecule has 0 saturated carbocycles. The minimum Gasteiger partial charge on any atom is -0.475 e. The van der Waals surface area contributed by atoms with E-state index in [0.717, 1.165) is 37.5 Å². The van der Waals surface area contributed by atoms with Crippen molar-refractivity contribution in [3.63, 3.8) is 0 Å². The highest BCUT2D eigenvalue weighted by atomic mass is 32.2. The molecule has 1 unspecified atom stereocenters. The van der Waals surface area contributed by atoms with Gasteiger partial charge in [0.25, 0.3) is 5.88 Å². The van der Waals surface area contributed by atoms with Crippen molar-refractivity contribution in [3.05, 3.63) is 40.2 Å². The summed E-state index contributed by atoms with van der Waals surface area (Å²) in [5, 5.41) is 7.12. The normalized spacial score (nSPS) is 20.4. The Morgan fingerprint density at radius 2 is 2.10 bits per heavy atom. The monoisotopic (exact) mass is 465 g/mol. The minimum absolute atomic E-state index is 0.0525. The van der Waals surface area contributed by atoms with Crippen molar-refractivity contribution in [1.82, 2.24) is 14.9 Å². The van der Waals surface area contributed by atoms with E-state index in [-0.39, 0.29) is 22.5 Å². The maximum Gasteiger partial charge on any atom is 0.490 e. The molecule has 2 aliphatic heterocycles. The van der Waals surface area contributed by atoms with E-state index in [1.54, 1.807) is 23.6 Å². The summed E-state index contributed by atoms with van der Waals surface area (Å²) in [6.45, 7) is 5.19. The predicted octanol–water partition coefficient (Wildman–Crippen LogP) is 3.76. The number of hydrogen-bond donors (Lipinski definition) is 1. The molecule has 2 aromatic rings. The van der Waals surface area contributed by atoms with Crippen LogP contribution >= 0.6 is 23.1 Å². The number of alkyl halides is 3. The average Bonchev–Trinajstić information content (AvgIpc) is 3.23. The molecule has 0 aromatic carbocycles. The molecule has 2 fully saturated rings. The van der Waals surface area contributed by atoms with E-state index in [0.29, 0.717) is 0 Å². The van der Waals surface area contributed by atoms with Crippen LogP contribution in [-0.2, 0) is 11.3 Å². The van der Waals surface area contributed by atoms with Gasteiger partial charge in [-0.3, -0.25) is 4.90 Å². The lowest BCUT2D eigenvalue weighted by atomic mass is 9.93. The third kappa shape index (κ3) is 5.61. The molecule has 1 N–H and O–H groups in total. The van der Waals surface area contributed by atoms with Gasteiger partial charge in [0, 0.05) is 47.6 Å². The maximum absolute atomic E-state index is 13.6. The lowest BCUT2D eigenvalue weighted by molar-refractivity contribution is -0.192. The number of nitrogens with zero attached hydrogens (tertiary/aromatic N) is 3. The summed E-state index contributed by atoms with van der Waals surface area (Å²) in [6, 6.07) is 2.97. The molecule has 12 heteroatoms. The van der Waals surface area contributed by atoms with Crippen molar-refractivity contribution in [3.8, 4) is 5.88 Å². The molecule has 0 bridgehead atoms. The summed E-state index contributed by atoms with van der Waals surface area (Å²) in [4.78, 5) is 21.0. The second-order valence-corrected chi connectivity index (χ2v) is 9.46. The molecular weight excluding hydrogens is 446 g/mol. The smallest absolute Gasteiger partial charge is 0.475 e. The lowest BCUT2D eigenvalue weighted by Gasteiger charge is -2.47. The third-order valence-electron chi connectivity index (χ3n) is 4.66. The van der Waals surface area contributed by atoms with E-state index in [1.807, 2.05) is 17.3 Å². The van der Waals surface area contributed by atoms with Crippen molar-refractivity contribution >= 4 is 29.1 Å². The first kappa shape index (κ1) is 22.8. The highest BCUT2D eigenvalue weighted by Gasteiger charge is 2.49. The van der Waals surface area contributed by atoms with Crippen molar-refractivity contribution in [2.45, 2.75) is 36.9 Å². The summed E-state index contributed by atoms with van der Waals surface area (Å²) in [5.41, 5.74) is 3.05. The zero-order chi connectivity index (χ0) is 21.9. The number of ether oxygens (including phenoxy) is 1. The van der Waals surface area contributed by atoms with Gasteiger partial charge in [-0.05, 0) is 19.1 Å². The zero-order valence-corrected chi connectivity index (χ0v) is 17.5. The van der Waals surface area contributed by atoms with E-state index < -0.39 is 12.1 Å². The first-order valence-electron chi connectivity index (χ1n) is 8.90. The van der Waals surface area contributed by atoms with Gasteiger partial charge in [-0.1, -0.05) is 0 Å². The highest BCUT2D eigenvalue weighted by Crippen LogP contribution is 2.46. The standard InChI is InChI=1S/C16H18FN3OS2.C2HF3O2/c1-11-14(22-10-19-11)6-20-8-16(9-20)5-12(7-23-16)21-15-13(17)3-2-4-18-15;3-2(4,5)1(6)7/h2-4,10,12H,5-9H2,1H3;(H,6,7). The molecular formula is C18H19F4N3O3S2. The van der Waals surface area contributed by atoms with Gasteiger partial charge in [-0.15, -0.1) is 23.1 Å². The van der Waals surface area contributed by atoms with E-state index in [9.17, 15) is 17.6 Å². The van der Waals surface area contributed by atoms with Gasteiger partial charge in [0.15, 0.2) is 5.82 Å². The fraction of sp³-hybridized carbons (Fsp3) is 0.500. The summed E-state index contributed by atoms with van der Waals surface area (Å²) >= 11 is 3.68. The molecule has 2 aromatic heterocycles. The van der Waals surface area contributed by atoms with E-state index in [1.165, 1.54) is 10.9 Å². The van der Waals surface area contributed by atoms with Crippen LogP contribution in [0.4, 0.5) is 17.6 Å². The molecule has 2 saturated heterocycles. The number of hydrogen-bond acceptors (Lipinski definition) is 7. The summed E-state index contributed by atoms with van der Waals surface area (Å²) in [5.74, 6) is -2.10. The van der Waals surface area contributed by atoms with Crippen LogP contribution in [0.3, 0.4) is 0 Å². The third-order valence-corrected chi connectivity index (χ3v) is 7.15. The van der Waals surface area contributed by atoms with Gasteiger partial charge < -0.3 is 9.84 Å².